The third-order valence-electron chi connectivity index (χ3n) is 4.22. The van der Waals surface area contributed by atoms with E-state index < -0.39 is 10.0 Å². The maximum Gasteiger partial charge on any atom is 0.258 e. The van der Waals surface area contributed by atoms with Crippen molar-refractivity contribution < 1.29 is 22.7 Å². The number of carbonyl (C=O) groups is 1. The van der Waals surface area contributed by atoms with Crippen LogP contribution in [0.2, 0.25) is 0 Å². The van der Waals surface area contributed by atoms with Crippen molar-refractivity contribution in [1.82, 2.24) is 10.0 Å². The first-order valence-corrected chi connectivity index (χ1v) is 10.9. The van der Waals surface area contributed by atoms with E-state index in [1.54, 1.807) is 0 Å². The Morgan fingerprint density at radius 1 is 1.07 bits per heavy atom. The highest BCUT2D eigenvalue weighted by atomic mass is 32.2. The molecular formula is C21H28N2O5S. The quantitative estimate of drug-likeness (QED) is 0.513. The van der Waals surface area contributed by atoms with Gasteiger partial charge in [-0.15, -0.1) is 0 Å². The Balaban J connectivity index is 1.75. The molecule has 0 unspecified atom stereocenters. The van der Waals surface area contributed by atoms with Crippen molar-refractivity contribution in [2.75, 3.05) is 26.9 Å². The van der Waals surface area contributed by atoms with E-state index in [2.05, 4.69) is 22.2 Å². The molecule has 7 nitrogen and oxygen atoms in total. The molecule has 2 aromatic rings. The first-order chi connectivity index (χ1) is 13.9. The van der Waals surface area contributed by atoms with Gasteiger partial charge in [-0.05, 0) is 49.6 Å². The molecule has 1 atom stereocenters. The number of sulfonamides is 1. The Morgan fingerprint density at radius 3 is 2.41 bits per heavy atom. The average molecular weight is 421 g/mol. The second kappa shape index (κ2) is 11.5. The number of methoxy groups -OCH3 is 1. The van der Waals surface area contributed by atoms with Gasteiger partial charge in [-0.3, -0.25) is 4.79 Å². The van der Waals surface area contributed by atoms with Gasteiger partial charge in [0.1, 0.15) is 5.75 Å². The van der Waals surface area contributed by atoms with E-state index in [9.17, 15) is 13.2 Å². The van der Waals surface area contributed by atoms with Crippen LogP contribution in [-0.4, -0.2) is 47.2 Å². The number of aryl methyl sites for hydroxylation is 1. The van der Waals surface area contributed by atoms with E-state index in [-0.39, 0.29) is 30.0 Å². The van der Waals surface area contributed by atoms with Crippen molar-refractivity contribution in [2.45, 2.75) is 30.7 Å². The summed E-state index contributed by atoms with van der Waals surface area (Å²) in [5.41, 5.74) is 1.23. The zero-order valence-corrected chi connectivity index (χ0v) is 17.6. The molecule has 0 spiro atoms. The molecule has 0 fully saturated rings. The topological polar surface area (TPSA) is 93.7 Å². The van der Waals surface area contributed by atoms with Crippen LogP contribution >= 0.6 is 0 Å². The number of rotatable bonds is 12. The van der Waals surface area contributed by atoms with Crippen LogP contribution in [0.1, 0.15) is 18.9 Å². The third-order valence-corrected chi connectivity index (χ3v) is 5.70. The summed E-state index contributed by atoms with van der Waals surface area (Å²) in [4.78, 5) is 12.2. The summed E-state index contributed by atoms with van der Waals surface area (Å²) < 4.78 is 36.9. The van der Waals surface area contributed by atoms with Gasteiger partial charge in [0, 0.05) is 19.7 Å². The fourth-order valence-electron chi connectivity index (χ4n) is 2.64. The molecule has 0 aromatic heterocycles. The summed E-state index contributed by atoms with van der Waals surface area (Å²) in [5, 5.41) is 2.90. The van der Waals surface area contributed by atoms with Crippen molar-refractivity contribution in [3.8, 4) is 5.75 Å². The molecule has 8 heteroatoms. The van der Waals surface area contributed by atoms with Crippen LogP contribution in [0.4, 0.5) is 0 Å². The second-order valence-electron chi connectivity index (χ2n) is 6.64. The molecule has 0 saturated heterocycles. The fourth-order valence-corrected chi connectivity index (χ4v) is 3.65. The Bertz CT molecular complexity index is 854. The predicted molar refractivity (Wildman–Crippen MR) is 111 cm³/mol. The van der Waals surface area contributed by atoms with Crippen LogP contribution in [0.25, 0.3) is 0 Å². The first kappa shape index (κ1) is 22.9. The molecule has 2 N–H and O–H groups in total. The van der Waals surface area contributed by atoms with Gasteiger partial charge in [0.2, 0.25) is 10.0 Å². The van der Waals surface area contributed by atoms with E-state index >= 15 is 0 Å². The summed E-state index contributed by atoms with van der Waals surface area (Å²) in [7, 11) is -2.09. The Morgan fingerprint density at radius 2 is 1.76 bits per heavy atom. The highest BCUT2D eigenvalue weighted by Gasteiger charge is 2.13. The number of carbonyl (C=O) groups excluding carboxylic acids is 1. The molecule has 0 aliphatic rings. The minimum absolute atomic E-state index is 0.0250. The molecule has 29 heavy (non-hydrogen) atoms. The molecule has 2 rings (SSSR count). The molecule has 0 heterocycles. The number of benzene rings is 2. The molecule has 2 aromatic carbocycles. The van der Waals surface area contributed by atoms with Gasteiger partial charge in [-0.1, -0.05) is 30.3 Å². The van der Waals surface area contributed by atoms with Crippen molar-refractivity contribution in [3.05, 3.63) is 60.2 Å². The highest BCUT2D eigenvalue weighted by molar-refractivity contribution is 7.89. The highest BCUT2D eigenvalue weighted by Crippen LogP contribution is 2.15. The van der Waals surface area contributed by atoms with Gasteiger partial charge in [0.25, 0.3) is 5.91 Å². The SMILES string of the molecule is COCCNS(=O)(=O)c1ccc(OCC(=O)N[C@@H](C)CCc2ccccc2)cc1. The maximum atomic E-state index is 12.1. The summed E-state index contributed by atoms with van der Waals surface area (Å²) in [6.07, 6.45) is 1.72. The molecular weight excluding hydrogens is 392 g/mol. The zero-order chi connectivity index (χ0) is 21.1. The summed E-state index contributed by atoms with van der Waals surface area (Å²) in [6, 6.07) is 16.0. The van der Waals surface area contributed by atoms with Gasteiger partial charge in [-0.25, -0.2) is 13.1 Å². The van der Waals surface area contributed by atoms with Crippen molar-refractivity contribution in [1.29, 1.82) is 0 Å². The summed E-state index contributed by atoms with van der Waals surface area (Å²) >= 11 is 0. The van der Waals surface area contributed by atoms with Gasteiger partial charge in [0.15, 0.2) is 6.61 Å². The van der Waals surface area contributed by atoms with Gasteiger partial charge in [0.05, 0.1) is 11.5 Å². The lowest BCUT2D eigenvalue weighted by molar-refractivity contribution is -0.123. The smallest absolute Gasteiger partial charge is 0.258 e. The molecule has 0 saturated carbocycles. The first-order valence-electron chi connectivity index (χ1n) is 9.45. The van der Waals surface area contributed by atoms with Crippen LogP contribution < -0.4 is 14.8 Å². The molecule has 0 bridgehead atoms. The van der Waals surface area contributed by atoms with E-state index in [0.717, 1.165) is 12.8 Å². The molecule has 0 aliphatic carbocycles. The maximum absolute atomic E-state index is 12.1. The van der Waals surface area contributed by atoms with Crippen LogP contribution in [0.3, 0.4) is 0 Å². The lowest BCUT2D eigenvalue weighted by Crippen LogP contribution is -2.36. The lowest BCUT2D eigenvalue weighted by Gasteiger charge is -2.14. The Hall–Kier alpha value is -2.42. The molecule has 0 aliphatic heterocycles. The number of hydrogen-bond donors (Lipinski definition) is 2. The van der Waals surface area contributed by atoms with Crippen LogP contribution in [0.5, 0.6) is 5.75 Å². The van der Waals surface area contributed by atoms with Gasteiger partial charge in [-0.2, -0.15) is 0 Å². The Labute approximate surface area is 172 Å². The monoisotopic (exact) mass is 420 g/mol. The summed E-state index contributed by atoms with van der Waals surface area (Å²) in [5.74, 6) is 0.205. The predicted octanol–water partition coefficient (Wildman–Crippen LogP) is 2.13. The summed E-state index contributed by atoms with van der Waals surface area (Å²) in [6.45, 7) is 2.31. The van der Waals surface area contributed by atoms with E-state index in [4.69, 9.17) is 9.47 Å². The van der Waals surface area contributed by atoms with E-state index in [1.165, 1.54) is 36.9 Å². The number of amides is 1. The molecule has 1 amide bonds. The lowest BCUT2D eigenvalue weighted by atomic mass is 10.1. The van der Waals surface area contributed by atoms with Crippen molar-refractivity contribution in [3.63, 3.8) is 0 Å². The minimum Gasteiger partial charge on any atom is -0.484 e. The average Bonchev–Trinajstić information content (AvgIpc) is 2.72. The zero-order valence-electron chi connectivity index (χ0n) is 16.8. The minimum atomic E-state index is -3.59. The Kier molecular flexibility index (Phi) is 9.11. The van der Waals surface area contributed by atoms with Crippen LogP contribution in [0, 0.1) is 0 Å². The standard InChI is InChI=1S/C21H28N2O5S/c1-17(8-9-18-6-4-3-5-7-18)23-21(24)16-28-19-10-12-20(13-11-19)29(25,26)22-14-15-27-2/h3-7,10-13,17,22H,8-9,14-16H2,1-2H3,(H,23,24)/t17-/m0/s1. The van der Waals surface area contributed by atoms with Gasteiger partial charge < -0.3 is 14.8 Å². The molecule has 0 radical (unpaired) electrons. The number of nitrogens with one attached hydrogen (secondary N) is 2. The van der Waals surface area contributed by atoms with Crippen molar-refractivity contribution in [2.24, 2.45) is 0 Å². The van der Waals surface area contributed by atoms with E-state index in [1.807, 2.05) is 25.1 Å². The fraction of sp³-hybridized carbons (Fsp3) is 0.381. The number of ether oxygens (including phenoxy) is 2. The largest absolute Gasteiger partial charge is 0.484 e. The van der Waals surface area contributed by atoms with E-state index in [0.29, 0.717) is 12.4 Å². The van der Waals surface area contributed by atoms with Crippen LogP contribution in [0.15, 0.2) is 59.5 Å². The normalized spacial score (nSPS) is 12.3. The van der Waals surface area contributed by atoms with Gasteiger partial charge >= 0.3 is 0 Å². The van der Waals surface area contributed by atoms with Crippen molar-refractivity contribution >= 4 is 15.9 Å². The third kappa shape index (κ3) is 8.23. The molecule has 158 valence electrons. The second-order valence-corrected chi connectivity index (χ2v) is 8.41. The number of hydrogen-bond acceptors (Lipinski definition) is 5. The van der Waals surface area contributed by atoms with Crippen LogP contribution in [-0.2, 0) is 26.0 Å².